The fraction of sp³-hybridized carbons (Fsp3) is 0.286. The highest BCUT2D eigenvalue weighted by Gasteiger charge is 2.38. The lowest BCUT2D eigenvalue weighted by Gasteiger charge is -2.04. The van der Waals surface area contributed by atoms with Crippen LogP contribution in [0.15, 0.2) is 28.8 Å². The first-order valence-corrected chi connectivity index (χ1v) is 6.62. The van der Waals surface area contributed by atoms with Crippen molar-refractivity contribution >= 4 is 11.7 Å². The molecule has 2 rings (SSSR count). The smallest absolute Gasteiger partial charge is 0.345 e. The maximum atomic E-state index is 12.4. The number of benzene rings is 1. The molecule has 9 heteroatoms. The number of amides is 1. The largest absolute Gasteiger partial charge is 0.471 e. The molecule has 6 nitrogen and oxygen atoms in total. The summed E-state index contributed by atoms with van der Waals surface area (Å²) < 4.78 is 41.3. The predicted molar refractivity (Wildman–Crippen MR) is 71.9 cm³/mol. The van der Waals surface area contributed by atoms with Crippen LogP contribution in [0.5, 0.6) is 0 Å². The summed E-state index contributed by atoms with van der Waals surface area (Å²) in [5.41, 5.74) is 1.01. The van der Waals surface area contributed by atoms with Crippen LogP contribution in [0.3, 0.4) is 0 Å². The Morgan fingerprint density at radius 2 is 1.87 bits per heavy atom. The van der Waals surface area contributed by atoms with Crippen LogP contribution >= 0.6 is 0 Å². The van der Waals surface area contributed by atoms with Gasteiger partial charge in [-0.2, -0.15) is 18.2 Å². The summed E-state index contributed by atoms with van der Waals surface area (Å²) in [5, 5.41) is 5.72. The van der Waals surface area contributed by atoms with Crippen LogP contribution in [0.4, 0.5) is 13.2 Å². The van der Waals surface area contributed by atoms with Crippen molar-refractivity contribution in [3.05, 3.63) is 35.7 Å². The van der Waals surface area contributed by atoms with E-state index in [0.717, 1.165) is 0 Å². The summed E-state index contributed by atoms with van der Waals surface area (Å²) in [4.78, 5) is 25.7. The number of aromatic nitrogens is 2. The molecule has 0 aliphatic heterocycles. The van der Waals surface area contributed by atoms with E-state index in [-0.39, 0.29) is 18.8 Å². The Hall–Kier alpha value is -2.71. The van der Waals surface area contributed by atoms with Gasteiger partial charge in [0, 0.05) is 18.5 Å². The molecule has 0 spiro atoms. The second-order valence-electron chi connectivity index (χ2n) is 4.58. The van der Waals surface area contributed by atoms with Gasteiger partial charge < -0.3 is 9.84 Å². The summed E-state index contributed by atoms with van der Waals surface area (Å²) in [7, 11) is 0. The molecule has 1 amide bonds. The number of carbonyl (C=O) groups is 2. The van der Waals surface area contributed by atoms with Crippen molar-refractivity contribution in [2.45, 2.75) is 26.1 Å². The number of nitrogens with zero attached hydrogens (tertiary/aromatic N) is 2. The molecule has 1 aromatic heterocycles. The molecule has 2 aromatic rings. The molecule has 0 radical (unpaired) electrons. The van der Waals surface area contributed by atoms with Crippen molar-refractivity contribution in [1.29, 1.82) is 0 Å². The summed E-state index contributed by atoms with van der Waals surface area (Å²) in [6, 6.07) is 6.15. The van der Waals surface area contributed by atoms with Gasteiger partial charge in [-0.15, -0.1) is 0 Å². The van der Waals surface area contributed by atoms with Crippen LogP contribution in [-0.2, 0) is 22.3 Å². The minimum atomic E-state index is -4.69. The maximum Gasteiger partial charge on any atom is 0.471 e. The zero-order valence-electron chi connectivity index (χ0n) is 12.0. The van der Waals surface area contributed by atoms with Gasteiger partial charge in [0.1, 0.15) is 0 Å². The molecular weight excluding hydrogens is 315 g/mol. The molecule has 1 heterocycles. The van der Waals surface area contributed by atoms with Crippen LogP contribution in [0.25, 0.3) is 11.4 Å². The zero-order valence-corrected chi connectivity index (χ0v) is 12.0. The van der Waals surface area contributed by atoms with Gasteiger partial charge in [0.05, 0.1) is 0 Å². The van der Waals surface area contributed by atoms with Crippen LogP contribution < -0.4 is 5.32 Å². The second kappa shape index (κ2) is 6.59. The van der Waals surface area contributed by atoms with E-state index in [1.54, 1.807) is 19.1 Å². The van der Waals surface area contributed by atoms with E-state index in [2.05, 4.69) is 20.0 Å². The minimum absolute atomic E-state index is 0.115. The third-order valence-electron chi connectivity index (χ3n) is 2.91. The molecule has 1 N–H and O–H groups in total. The first-order valence-electron chi connectivity index (χ1n) is 6.62. The Morgan fingerprint density at radius 1 is 1.22 bits per heavy atom. The first-order chi connectivity index (χ1) is 10.8. The summed E-state index contributed by atoms with van der Waals surface area (Å²) in [6.45, 7) is 1.71. The quantitative estimate of drug-likeness (QED) is 0.852. The lowest BCUT2D eigenvalue weighted by molar-refractivity contribution is -0.159. The van der Waals surface area contributed by atoms with E-state index in [4.69, 9.17) is 0 Å². The number of rotatable bonds is 5. The molecule has 1 aromatic carbocycles. The van der Waals surface area contributed by atoms with Crippen molar-refractivity contribution in [2.24, 2.45) is 0 Å². The number of nitrogens with one attached hydrogen (secondary N) is 1. The Balaban J connectivity index is 2.03. The van der Waals surface area contributed by atoms with Crippen molar-refractivity contribution < 1.29 is 27.3 Å². The van der Waals surface area contributed by atoms with Crippen molar-refractivity contribution in [1.82, 2.24) is 15.5 Å². The SMILES string of the molecule is CCC(=O)C(=O)NCc1ccc(-c2noc(C(F)(F)F)n2)cc1. The molecule has 0 saturated heterocycles. The molecule has 0 bridgehead atoms. The standard InChI is InChI=1S/C14H12F3N3O3/c1-2-10(21)12(22)18-7-8-3-5-9(6-4-8)11-19-13(23-20-11)14(15,16)17/h3-6H,2,7H2,1H3,(H,18,22). The van der Waals surface area contributed by atoms with Crippen LogP contribution in [0.2, 0.25) is 0 Å². The van der Waals surface area contributed by atoms with Gasteiger partial charge in [-0.25, -0.2) is 0 Å². The number of carbonyl (C=O) groups excluding carboxylic acids is 2. The molecule has 0 unspecified atom stereocenters. The molecule has 0 atom stereocenters. The molecule has 0 saturated carbocycles. The lowest BCUT2D eigenvalue weighted by Crippen LogP contribution is -2.29. The molecule has 0 aliphatic carbocycles. The highest BCUT2D eigenvalue weighted by Crippen LogP contribution is 2.29. The Bertz CT molecular complexity index is 708. The average Bonchev–Trinajstić information content (AvgIpc) is 3.02. The topological polar surface area (TPSA) is 85.1 Å². The summed E-state index contributed by atoms with van der Waals surface area (Å²) in [5.74, 6) is -2.80. The van der Waals surface area contributed by atoms with Gasteiger partial charge in [0.15, 0.2) is 0 Å². The van der Waals surface area contributed by atoms with Gasteiger partial charge in [0.25, 0.3) is 5.91 Å². The number of ketones is 1. The van der Waals surface area contributed by atoms with Crippen LogP contribution in [0, 0.1) is 0 Å². The maximum absolute atomic E-state index is 12.4. The number of alkyl halides is 3. The number of hydrogen-bond acceptors (Lipinski definition) is 5. The molecule has 23 heavy (non-hydrogen) atoms. The van der Waals surface area contributed by atoms with E-state index in [0.29, 0.717) is 11.1 Å². The highest BCUT2D eigenvalue weighted by atomic mass is 19.4. The minimum Gasteiger partial charge on any atom is -0.345 e. The van der Waals surface area contributed by atoms with E-state index in [9.17, 15) is 22.8 Å². The van der Waals surface area contributed by atoms with Crippen LogP contribution in [0.1, 0.15) is 24.8 Å². The Kier molecular flexibility index (Phi) is 4.77. The van der Waals surface area contributed by atoms with E-state index in [1.807, 2.05) is 0 Å². The molecule has 122 valence electrons. The predicted octanol–water partition coefficient (Wildman–Crippen LogP) is 2.35. The van der Waals surface area contributed by atoms with Gasteiger partial charge in [-0.05, 0) is 5.56 Å². The first kappa shape index (κ1) is 16.7. The number of halogens is 3. The third-order valence-corrected chi connectivity index (χ3v) is 2.91. The van der Waals surface area contributed by atoms with Gasteiger partial charge in [-0.3, -0.25) is 9.59 Å². The fourth-order valence-electron chi connectivity index (χ4n) is 1.67. The highest BCUT2D eigenvalue weighted by molar-refractivity contribution is 6.35. The second-order valence-corrected chi connectivity index (χ2v) is 4.58. The Morgan fingerprint density at radius 3 is 2.39 bits per heavy atom. The van der Waals surface area contributed by atoms with Gasteiger partial charge in [0.2, 0.25) is 11.6 Å². The molecular formula is C14H12F3N3O3. The van der Waals surface area contributed by atoms with E-state index < -0.39 is 23.8 Å². The molecule has 0 fully saturated rings. The van der Waals surface area contributed by atoms with Gasteiger partial charge in [-0.1, -0.05) is 36.3 Å². The fourth-order valence-corrected chi connectivity index (χ4v) is 1.67. The van der Waals surface area contributed by atoms with Crippen molar-refractivity contribution in [3.8, 4) is 11.4 Å². The lowest BCUT2D eigenvalue weighted by atomic mass is 10.1. The van der Waals surface area contributed by atoms with Crippen molar-refractivity contribution in [3.63, 3.8) is 0 Å². The summed E-state index contributed by atoms with van der Waals surface area (Å²) in [6.07, 6.45) is -4.58. The van der Waals surface area contributed by atoms with E-state index >= 15 is 0 Å². The Labute approximate surface area is 128 Å². The third kappa shape index (κ3) is 4.15. The number of hydrogen-bond donors (Lipinski definition) is 1. The average molecular weight is 327 g/mol. The van der Waals surface area contributed by atoms with Crippen LogP contribution in [-0.4, -0.2) is 21.8 Å². The summed E-state index contributed by atoms with van der Waals surface area (Å²) >= 11 is 0. The zero-order chi connectivity index (χ0) is 17.0. The normalized spacial score (nSPS) is 11.3. The number of Topliss-reactive ketones (excluding diaryl/α,β-unsaturated/α-hetero) is 1. The van der Waals surface area contributed by atoms with E-state index in [1.165, 1.54) is 12.1 Å². The monoisotopic (exact) mass is 327 g/mol. The van der Waals surface area contributed by atoms with Gasteiger partial charge >= 0.3 is 12.1 Å². The van der Waals surface area contributed by atoms with Crippen molar-refractivity contribution in [2.75, 3.05) is 0 Å². The molecule has 0 aliphatic rings.